The zero-order valence-electron chi connectivity index (χ0n) is 12.8. The number of thiophene rings is 1. The number of nitrogens with zero attached hydrogens (tertiary/aromatic N) is 2. The van der Waals surface area contributed by atoms with Gasteiger partial charge in [0.25, 0.3) is 11.8 Å². The number of imide groups is 1. The standard InChI is InChI=1S/C17H15N3O3S/c21-15-13-10-19(7-8-20(13)17(23)18-15)16(22)14-12(6-9-24-14)11-4-2-1-3-5-11/h1-6,9,13H,7-8,10H2,(H,18,21,23). The predicted octanol–water partition coefficient (Wildman–Crippen LogP) is 1.79. The van der Waals surface area contributed by atoms with Crippen molar-refractivity contribution >= 4 is 29.2 Å². The van der Waals surface area contributed by atoms with Gasteiger partial charge in [-0.25, -0.2) is 4.79 Å². The highest BCUT2D eigenvalue weighted by molar-refractivity contribution is 7.12. The third-order valence-electron chi connectivity index (χ3n) is 4.41. The Balaban J connectivity index is 1.59. The lowest BCUT2D eigenvalue weighted by Crippen LogP contribution is -2.54. The number of amides is 4. The molecular weight excluding hydrogens is 326 g/mol. The highest BCUT2D eigenvalue weighted by Crippen LogP contribution is 2.30. The molecule has 2 saturated heterocycles. The van der Waals surface area contributed by atoms with Gasteiger partial charge in [0.15, 0.2) is 0 Å². The minimum atomic E-state index is -0.574. The fourth-order valence-electron chi connectivity index (χ4n) is 3.16. The summed E-state index contributed by atoms with van der Waals surface area (Å²) in [4.78, 5) is 40.3. The molecule has 0 saturated carbocycles. The third-order valence-corrected chi connectivity index (χ3v) is 5.31. The van der Waals surface area contributed by atoms with E-state index in [1.165, 1.54) is 16.2 Å². The summed E-state index contributed by atoms with van der Waals surface area (Å²) in [6.45, 7) is 1.05. The van der Waals surface area contributed by atoms with Crippen LogP contribution >= 0.6 is 11.3 Å². The number of carbonyl (C=O) groups is 3. The molecule has 4 rings (SSSR count). The molecule has 0 bridgehead atoms. The van der Waals surface area contributed by atoms with Crippen LogP contribution in [0.2, 0.25) is 0 Å². The van der Waals surface area contributed by atoms with E-state index < -0.39 is 6.04 Å². The van der Waals surface area contributed by atoms with Gasteiger partial charge in [-0.3, -0.25) is 14.9 Å². The van der Waals surface area contributed by atoms with E-state index in [-0.39, 0.29) is 24.4 Å². The molecule has 0 aliphatic carbocycles. The fourth-order valence-corrected chi connectivity index (χ4v) is 4.04. The van der Waals surface area contributed by atoms with Crippen LogP contribution in [0.15, 0.2) is 41.8 Å². The van der Waals surface area contributed by atoms with Crippen LogP contribution in [-0.4, -0.2) is 53.3 Å². The van der Waals surface area contributed by atoms with Crippen molar-refractivity contribution in [3.8, 4) is 11.1 Å². The number of hydrogen-bond acceptors (Lipinski definition) is 4. The minimum Gasteiger partial charge on any atom is -0.334 e. The molecule has 1 unspecified atom stereocenters. The molecule has 1 atom stereocenters. The molecule has 6 nitrogen and oxygen atoms in total. The number of nitrogens with one attached hydrogen (secondary N) is 1. The van der Waals surface area contributed by atoms with E-state index in [0.717, 1.165) is 11.1 Å². The Morgan fingerprint density at radius 2 is 1.92 bits per heavy atom. The predicted molar refractivity (Wildman–Crippen MR) is 89.7 cm³/mol. The lowest BCUT2D eigenvalue weighted by atomic mass is 10.1. The summed E-state index contributed by atoms with van der Waals surface area (Å²) in [5, 5.41) is 4.20. The van der Waals surface area contributed by atoms with E-state index >= 15 is 0 Å². The van der Waals surface area contributed by atoms with Gasteiger partial charge in [0.1, 0.15) is 6.04 Å². The molecular formula is C17H15N3O3S. The Morgan fingerprint density at radius 3 is 2.71 bits per heavy atom. The average Bonchev–Trinajstić information content (AvgIpc) is 3.20. The van der Waals surface area contributed by atoms with Crippen LogP contribution in [-0.2, 0) is 4.79 Å². The van der Waals surface area contributed by atoms with Gasteiger partial charge in [-0.05, 0) is 17.0 Å². The number of hydrogen-bond donors (Lipinski definition) is 1. The highest BCUT2D eigenvalue weighted by atomic mass is 32.1. The maximum absolute atomic E-state index is 12.9. The SMILES string of the molecule is O=C1NC(=O)N2CCN(C(=O)c3sccc3-c3ccccc3)CC12. The summed E-state index contributed by atoms with van der Waals surface area (Å²) in [6.07, 6.45) is 0. The second-order valence-electron chi connectivity index (χ2n) is 5.78. The first kappa shape index (κ1) is 14.9. The van der Waals surface area contributed by atoms with Crippen molar-refractivity contribution in [1.82, 2.24) is 15.1 Å². The van der Waals surface area contributed by atoms with Gasteiger partial charge in [-0.1, -0.05) is 30.3 Å². The molecule has 4 amide bonds. The maximum Gasteiger partial charge on any atom is 0.324 e. The van der Waals surface area contributed by atoms with Crippen LogP contribution in [0.25, 0.3) is 11.1 Å². The van der Waals surface area contributed by atoms with Gasteiger partial charge in [-0.2, -0.15) is 0 Å². The van der Waals surface area contributed by atoms with Crippen LogP contribution in [0.1, 0.15) is 9.67 Å². The molecule has 0 radical (unpaired) electrons. The van der Waals surface area contributed by atoms with Crippen LogP contribution in [0.4, 0.5) is 4.79 Å². The number of benzene rings is 1. The summed E-state index contributed by atoms with van der Waals surface area (Å²) in [6, 6.07) is 10.8. The van der Waals surface area contributed by atoms with Crippen molar-refractivity contribution < 1.29 is 14.4 Å². The largest absolute Gasteiger partial charge is 0.334 e. The second kappa shape index (κ2) is 5.76. The van der Waals surface area contributed by atoms with Crippen LogP contribution < -0.4 is 5.32 Å². The zero-order chi connectivity index (χ0) is 16.7. The molecule has 1 aromatic carbocycles. The molecule has 24 heavy (non-hydrogen) atoms. The Labute approximate surface area is 142 Å². The smallest absolute Gasteiger partial charge is 0.324 e. The van der Waals surface area contributed by atoms with E-state index in [4.69, 9.17) is 0 Å². The number of urea groups is 1. The molecule has 1 aromatic heterocycles. The first-order valence-corrected chi connectivity index (χ1v) is 8.57. The van der Waals surface area contributed by atoms with Crippen molar-refractivity contribution in [2.75, 3.05) is 19.6 Å². The molecule has 2 aliphatic heterocycles. The average molecular weight is 341 g/mol. The van der Waals surface area contributed by atoms with Gasteiger partial charge in [0.2, 0.25) is 0 Å². The van der Waals surface area contributed by atoms with Gasteiger partial charge in [0, 0.05) is 18.7 Å². The van der Waals surface area contributed by atoms with E-state index in [1.807, 2.05) is 41.8 Å². The van der Waals surface area contributed by atoms with Crippen molar-refractivity contribution in [2.45, 2.75) is 6.04 Å². The summed E-state index contributed by atoms with van der Waals surface area (Å²) in [7, 11) is 0. The number of fused-ring (bicyclic) bond motifs is 1. The van der Waals surface area contributed by atoms with Gasteiger partial charge < -0.3 is 9.80 Å². The monoisotopic (exact) mass is 341 g/mol. The van der Waals surface area contributed by atoms with Crippen molar-refractivity contribution in [2.24, 2.45) is 0 Å². The Kier molecular flexibility index (Phi) is 3.57. The quantitative estimate of drug-likeness (QED) is 0.847. The number of piperazine rings is 1. The minimum absolute atomic E-state index is 0.0874. The summed E-state index contributed by atoms with van der Waals surface area (Å²) >= 11 is 1.40. The topological polar surface area (TPSA) is 69.7 Å². The zero-order valence-corrected chi connectivity index (χ0v) is 13.6. The summed E-state index contributed by atoms with van der Waals surface area (Å²) < 4.78 is 0. The highest BCUT2D eigenvalue weighted by Gasteiger charge is 2.43. The Hall–Kier alpha value is -2.67. The fraction of sp³-hybridized carbons (Fsp3) is 0.235. The normalized spacial score (nSPS) is 20.1. The van der Waals surface area contributed by atoms with E-state index in [9.17, 15) is 14.4 Å². The van der Waals surface area contributed by atoms with Gasteiger partial charge >= 0.3 is 6.03 Å². The molecule has 1 N–H and O–H groups in total. The molecule has 0 spiro atoms. The number of rotatable bonds is 2. The first-order chi connectivity index (χ1) is 11.6. The summed E-state index contributed by atoms with van der Waals surface area (Å²) in [5.41, 5.74) is 1.90. The van der Waals surface area contributed by atoms with Crippen LogP contribution in [0.3, 0.4) is 0 Å². The third kappa shape index (κ3) is 2.37. The number of carbonyl (C=O) groups excluding carboxylic acids is 3. The van der Waals surface area contributed by atoms with Gasteiger partial charge in [-0.15, -0.1) is 11.3 Å². The molecule has 2 aliphatic rings. The molecule has 2 fully saturated rings. The van der Waals surface area contributed by atoms with E-state index in [0.29, 0.717) is 18.0 Å². The lowest BCUT2D eigenvalue weighted by Gasteiger charge is -2.35. The van der Waals surface area contributed by atoms with Crippen LogP contribution in [0.5, 0.6) is 0 Å². The Bertz CT molecular complexity index is 817. The van der Waals surface area contributed by atoms with Crippen molar-refractivity contribution in [1.29, 1.82) is 0 Å². The molecule has 122 valence electrons. The molecule has 7 heteroatoms. The van der Waals surface area contributed by atoms with E-state index in [1.54, 1.807) is 4.90 Å². The lowest BCUT2D eigenvalue weighted by molar-refractivity contribution is -0.122. The maximum atomic E-state index is 12.9. The molecule has 3 heterocycles. The summed E-state index contributed by atoms with van der Waals surface area (Å²) in [5.74, 6) is -0.414. The van der Waals surface area contributed by atoms with Crippen molar-refractivity contribution in [3.63, 3.8) is 0 Å². The van der Waals surface area contributed by atoms with Gasteiger partial charge in [0.05, 0.1) is 11.4 Å². The van der Waals surface area contributed by atoms with Crippen molar-refractivity contribution in [3.05, 3.63) is 46.7 Å². The van der Waals surface area contributed by atoms with Crippen LogP contribution in [0, 0.1) is 0 Å². The second-order valence-corrected chi connectivity index (χ2v) is 6.70. The first-order valence-electron chi connectivity index (χ1n) is 7.69. The van der Waals surface area contributed by atoms with E-state index in [2.05, 4.69) is 5.32 Å². The Morgan fingerprint density at radius 1 is 1.12 bits per heavy atom. The molecule has 2 aromatic rings.